The first kappa shape index (κ1) is 19.5. The second kappa shape index (κ2) is 8.54. The topological polar surface area (TPSA) is 88.4 Å². The summed E-state index contributed by atoms with van der Waals surface area (Å²) in [7, 11) is 0. The normalized spacial score (nSPS) is 11.8. The smallest absolute Gasteiger partial charge is 0.407 e. The number of carbonyl (C=O) groups excluding carboxylic acids is 1. The van der Waals surface area contributed by atoms with Gasteiger partial charge in [0.1, 0.15) is 17.2 Å². The van der Waals surface area contributed by atoms with Gasteiger partial charge in [-0.15, -0.1) is 5.92 Å². The van der Waals surface area contributed by atoms with Gasteiger partial charge in [0.15, 0.2) is 17.1 Å². The highest BCUT2D eigenvalue weighted by Gasteiger charge is 2.17. The second-order valence-corrected chi connectivity index (χ2v) is 6.84. The number of anilines is 1. The maximum absolute atomic E-state index is 11.8. The van der Waals surface area contributed by atoms with Gasteiger partial charge >= 0.3 is 6.09 Å². The number of hydrogen-bond donors (Lipinski definition) is 3. The molecular weight excluding hydrogens is 352 g/mol. The molecule has 2 rings (SSSR count). The highest BCUT2D eigenvalue weighted by atomic mass is 32.1. The molecule has 0 aliphatic carbocycles. The zero-order valence-electron chi connectivity index (χ0n) is 15.2. The Kier molecular flexibility index (Phi) is 6.41. The van der Waals surface area contributed by atoms with Gasteiger partial charge in [0.2, 0.25) is 0 Å². The number of nitrogens with zero attached hydrogens (tertiary/aromatic N) is 1. The Hall–Kier alpha value is -2.79. The average molecular weight is 374 g/mol. The number of benzene rings is 1. The van der Waals surface area contributed by atoms with Gasteiger partial charge in [0, 0.05) is 0 Å². The first-order valence-electron chi connectivity index (χ1n) is 8.07. The van der Waals surface area contributed by atoms with E-state index in [9.17, 15) is 4.79 Å². The van der Waals surface area contributed by atoms with Crippen LogP contribution in [0.5, 0.6) is 0 Å². The average Bonchev–Trinajstić information content (AvgIpc) is 3.01. The minimum atomic E-state index is -0.559. The summed E-state index contributed by atoms with van der Waals surface area (Å²) in [5.74, 6) is 5.77. The summed E-state index contributed by atoms with van der Waals surface area (Å²) in [6.07, 6.45) is 0.871. The summed E-state index contributed by atoms with van der Waals surface area (Å²) in [4.78, 5) is 15.9. The lowest BCUT2D eigenvalue weighted by Crippen LogP contribution is -2.45. The molecule has 7 nitrogen and oxygen atoms in total. The van der Waals surface area contributed by atoms with E-state index >= 15 is 0 Å². The molecule has 1 heterocycles. The number of aromatic nitrogens is 1. The fourth-order valence-electron chi connectivity index (χ4n) is 2.12. The maximum Gasteiger partial charge on any atom is 0.407 e. The van der Waals surface area contributed by atoms with Gasteiger partial charge in [-0.2, -0.15) is 0 Å². The van der Waals surface area contributed by atoms with Gasteiger partial charge in [-0.1, -0.05) is 12.0 Å². The van der Waals surface area contributed by atoms with Crippen molar-refractivity contribution in [2.24, 2.45) is 0 Å². The van der Waals surface area contributed by atoms with Gasteiger partial charge in [-0.3, -0.25) is 0 Å². The summed E-state index contributed by atoms with van der Waals surface area (Å²) in [5, 5.41) is 9.17. The van der Waals surface area contributed by atoms with Crippen molar-refractivity contribution >= 4 is 40.2 Å². The summed E-state index contributed by atoms with van der Waals surface area (Å²) >= 11 is 5.34. The number of hydrogen-bond acceptors (Lipinski definition) is 5. The lowest BCUT2D eigenvalue weighted by atomic mass is 10.2. The predicted molar refractivity (Wildman–Crippen MR) is 105 cm³/mol. The highest BCUT2D eigenvalue weighted by Crippen LogP contribution is 2.21. The molecule has 0 radical (unpaired) electrons. The number of alkyl carbamates (subject to hydrolysis) is 1. The number of carbonyl (C=O) groups is 1. The quantitative estimate of drug-likeness (QED) is 0.560. The predicted octanol–water partition coefficient (Wildman–Crippen LogP) is 3.03. The van der Waals surface area contributed by atoms with E-state index in [2.05, 4.69) is 32.8 Å². The molecule has 1 atom stereocenters. The van der Waals surface area contributed by atoms with E-state index in [1.165, 1.54) is 6.39 Å². The van der Waals surface area contributed by atoms with E-state index in [1.807, 2.05) is 18.2 Å². The van der Waals surface area contributed by atoms with Crippen LogP contribution in [0.2, 0.25) is 0 Å². The zero-order chi connectivity index (χ0) is 19.2. The molecule has 0 spiro atoms. The molecule has 3 N–H and O–H groups in total. The number of fused-ring (bicyclic) bond motifs is 1. The first-order chi connectivity index (χ1) is 12.3. The van der Waals surface area contributed by atoms with Crippen LogP contribution < -0.4 is 16.0 Å². The molecular formula is C18H22N4O3S. The molecule has 0 saturated heterocycles. The third-order valence-electron chi connectivity index (χ3n) is 3.08. The van der Waals surface area contributed by atoms with Crippen molar-refractivity contribution in [3.8, 4) is 11.8 Å². The third-order valence-corrected chi connectivity index (χ3v) is 3.30. The largest absolute Gasteiger partial charge is 0.444 e. The molecule has 2 aromatic rings. The summed E-state index contributed by atoms with van der Waals surface area (Å²) in [5.41, 5.74) is 1.50. The number of rotatable bonds is 4. The van der Waals surface area contributed by atoms with Crippen LogP contribution in [0.3, 0.4) is 0 Å². The minimum Gasteiger partial charge on any atom is -0.444 e. The van der Waals surface area contributed by atoms with E-state index < -0.39 is 11.7 Å². The van der Waals surface area contributed by atoms with Gasteiger partial charge in [0.05, 0.1) is 12.2 Å². The molecule has 0 unspecified atom stereocenters. The lowest BCUT2D eigenvalue weighted by molar-refractivity contribution is 0.0526. The number of para-hydroxylation sites is 1. The van der Waals surface area contributed by atoms with Crippen LogP contribution in [0.4, 0.5) is 10.5 Å². The highest BCUT2D eigenvalue weighted by molar-refractivity contribution is 7.80. The van der Waals surface area contributed by atoms with Crippen LogP contribution >= 0.6 is 12.2 Å². The molecule has 26 heavy (non-hydrogen) atoms. The Morgan fingerprint density at radius 1 is 1.42 bits per heavy atom. The van der Waals surface area contributed by atoms with Crippen molar-refractivity contribution in [2.45, 2.75) is 39.3 Å². The second-order valence-electron chi connectivity index (χ2n) is 6.43. The van der Waals surface area contributed by atoms with E-state index in [0.717, 1.165) is 5.69 Å². The Labute approximate surface area is 157 Å². The fraction of sp³-hybridized carbons (Fsp3) is 0.389. The fourth-order valence-corrected chi connectivity index (χ4v) is 2.37. The molecule has 138 valence electrons. The molecule has 0 fully saturated rings. The zero-order valence-corrected chi connectivity index (χ0v) is 16.0. The van der Waals surface area contributed by atoms with Crippen LogP contribution in [-0.2, 0) is 4.74 Å². The van der Waals surface area contributed by atoms with Crippen molar-refractivity contribution in [1.82, 2.24) is 15.6 Å². The van der Waals surface area contributed by atoms with Gasteiger partial charge in [0.25, 0.3) is 0 Å². The van der Waals surface area contributed by atoms with E-state index in [4.69, 9.17) is 21.4 Å². The van der Waals surface area contributed by atoms with Crippen LogP contribution in [0.1, 0.15) is 27.7 Å². The van der Waals surface area contributed by atoms with Crippen LogP contribution in [-0.4, -0.2) is 34.4 Å². The molecule has 0 aliphatic rings. The number of amides is 1. The lowest BCUT2D eigenvalue weighted by Gasteiger charge is -2.21. The molecule has 0 bridgehead atoms. The van der Waals surface area contributed by atoms with Crippen LogP contribution in [0.25, 0.3) is 11.1 Å². The van der Waals surface area contributed by atoms with E-state index in [0.29, 0.717) is 16.2 Å². The summed E-state index contributed by atoms with van der Waals surface area (Å²) in [6, 6.07) is 5.13. The Morgan fingerprint density at radius 3 is 2.88 bits per heavy atom. The van der Waals surface area contributed by atoms with E-state index in [1.54, 1.807) is 27.7 Å². The molecule has 1 amide bonds. The van der Waals surface area contributed by atoms with Gasteiger partial charge in [-0.25, -0.2) is 9.78 Å². The Balaban J connectivity index is 1.94. The van der Waals surface area contributed by atoms with Crippen LogP contribution in [0.15, 0.2) is 29.0 Å². The van der Waals surface area contributed by atoms with E-state index in [-0.39, 0.29) is 12.6 Å². The molecule has 0 saturated carbocycles. The van der Waals surface area contributed by atoms with Gasteiger partial charge in [-0.05, 0) is 52.0 Å². The molecule has 8 heteroatoms. The van der Waals surface area contributed by atoms with Crippen molar-refractivity contribution in [1.29, 1.82) is 0 Å². The summed E-state index contributed by atoms with van der Waals surface area (Å²) in [6.45, 7) is 7.37. The SMILES string of the molecule is CC#C[C@H](CNC(=O)OC(C)(C)C)NC(=S)Nc1cccc2ocnc12. The van der Waals surface area contributed by atoms with Gasteiger partial charge < -0.3 is 25.1 Å². The number of oxazole rings is 1. The summed E-state index contributed by atoms with van der Waals surface area (Å²) < 4.78 is 10.5. The third kappa shape index (κ3) is 5.93. The maximum atomic E-state index is 11.8. The number of thiocarbonyl (C=S) groups is 1. The van der Waals surface area contributed by atoms with Crippen molar-refractivity contribution in [3.63, 3.8) is 0 Å². The van der Waals surface area contributed by atoms with Crippen molar-refractivity contribution < 1.29 is 13.9 Å². The first-order valence-corrected chi connectivity index (χ1v) is 8.48. The Bertz CT molecular complexity index is 845. The monoisotopic (exact) mass is 374 g/mol. The minimum absolute atomic E-state index is 0.242. The number of nitrogens with one attached hydrogen (secondary N) is 3. The molecule has 0 aliphatic heterocycles. The van der Waals surface area contributed by atoms with Crippen LogP contribution in [0, 0.1) is 11.8 Å². The Morgan fingerprint density at radius 2 is 2.19 bits per heavy atom. The molecule has 1 aromatic carbocycles. The molecule has 1 aromatic heterocycles. The standard InChI is InChI=1S/C18H22N4O3S/c1-5-7-12(10-19-17(23)25-18(2,3)4)21-16(26)22-13-8-6-9-14-15(13)20-11-24-14/h6,8-9,11-12H,10H2,1-4H3,(H,19,23)(H2,21,22,26)/t12-/m1/s1. The number of ether oxygens (including phenoxy) is 1. The van der Waals surface area contributed by atoms with Crippen molar-refractivity contribution in [2.75, 3.05) is 11.9 Å². The van der Waals surface area contributed by atoms with Crippen molar-refractivity contribution in [3.05, 3.63) is 24.6 Å².